The molecular weight excluding hydrogens is 244 g/mol. The maximum absolute atomic E-state index is 11.4. The topological polar surface area (TPSA) is 95.4 Å². The average Bonchev–Trinajstić information content (AvgIpc) is 2.37. The van der Waals surface area contributed by atoms with Crippen LogP contribution in [-0.4, -0.2) is 18.9 Å². The molecule has 0 bridgehead atoms. The molecule has 2 amide bonds. The Hall–Kier alpha value is -2.04. The fourth-order valence-corrected chi connectivity index (χ4v) is 1.95. The summed E-state index contributed by atoms with van der Waals surface area (Å²) in [5, 5.41) is 0. The van der Waals surface area contributed by atoms with Crippen LogP contribution in [0.25, 0.3) is 0 Å². The monoisotopic (exact) mass is 264 g/mol. The van der Waals surface area contributed by atoms with Gasteiger partial charge in [0.05, 0.1) is 7.11 Å². The summed E-state index contributed by atoms with van der Waals surface area (Å²) < 4.78 is 5.13. The summed E-state index contributed by atoms with van der Waals surface area (Å²) in [4.78, 5) is 22.1. The van der Waals surface area contributed by atoms with Crippen molar-refractivity contribution in [3.63, 3.8) is 0 Å². The van der Waals surface area contributed by atoms with Gasteiger partial charge in [-0.25, -0.2) is 0 Å². The fraction of sp³-hybridized carbons (Fsp3) is 0.429. The van der Waals surface area contributed by atoms with Crippen LogP contribution in [0.1, 0.15) is 24.8 Å². The van der Waals surface area contributed by atoms with Gasteiger partial charge < -0.3 is 16.2 Å². The van der Waals surface area contributed by atoms with Gasteiger partial charge in [0, 0.05) is 12.3 Å². The van der Waals surface area contributed by atoms with Gasteiger partial charge in [0.15, 0.2) is 0 Å². The number of amides is 2. The molecule has 104 valence electrons. The highest BCUT2D eigenvalue weighted by Gasteiger charge is 2.16. The quantitative estimate of drug-likeness (QED) is 0.733. The predicted octanol–water partition coefficient (Wildman–Crippen LogP) is 0.995. The number of ether oxygens (including phenoxy) is 1. The van der Waals surface area contributed by atoms with Crippen molar-refractivity contribution in [2.45, 2.75) is 25.7 Å². The minimum absolute atomic E-state index is 0.280. The zero-order chi connectivity index (χ0) is 14.3. The number of hydrogen-bond donors (Lipinski definition) is 2. The summed E-state index contributed by atoms with van der Waals surface area (Å²) in [7, 11) is 1.59. The van der Waals surface area contributed by atoms with Crippen molar-refractivity contribution in [1.29, 1.82) is 0 Å². The molecule has 0 aliphatic carbocycles. The Morgan fingerprint density at radius 3 is 2.63 bits per heavy atom. The second-order valence-corrected chi connectivity index (χ2v) is 4.51. The molecule has 0 spiro atoms. The van der Waals surface area contributed by atoms with Crippen LogP contribution in [0.4, 0.5) is 0 Å². The lowest BCUT2D eigenvalue weighted by Crippen LogP contribution is -2.25. The summed E-state index contributed by atoms with van der Waals surface area (Å²) in [6.45, 7) is 0. The summed E-state index contributed by atoms with van der Waals surface area (Å²) in [6, 6.07) is 7.52. The molecule has 1 atom stereocenters. The molecule has 0 fully saturated rings. The summed E-state index contributed by atoms with van der Waals surface area (Å²) in [6.07, 6.45) is 1.97. The van der Waals surface area contributed by atoms with E-state index in [9.17, 15) is 9.59 Å². The summed E-state index contributed by atoms with van der Waals surface area (Å²) in [5.41, 5.74) is 11.4. The highest BCUT2D eigenvalue weighted by Crippen LogP contribution is 2.19. The van der Waals surface area contributed by atoms with E-state index in [1.807, 2.05) is 24.3 Å². The molecule has 4 N–H and O–H groups in total. The SMILES string of the molecule is COc1cccc(CC(CCCC(N)=O)C(N)=O)c1. The minimum atomic E-state index is -0.357. The molecule has 1 rings (SSSR count). The molecule has 0 aromatic heterocycles. The Labute approximate surface area is 112 Å². The van der Waals surface area contributed by atoms with Crippen LogP contribution in [0, 0.1) is 5.92 Å². The van der Waals surface area contributed by atoms with Crippen molar-refractivity contribution < 1.29 is 14.3 Å². The van der Waals surface area contributed by atoms with Crippen LogP contribution in [-0.2, 0) is 16.0 Å². The van der Waals surface area contributed by atoms with Gasteiger partial charge >= 0.3 is 0 Å². The molecule has 19 heavy (non-hydrogen) atoms. The third-order valence-corrected chi connectivity index (χ3v) is 2.99. The van der Waals surface area contributed by atoms with E-state index in [0.717, 1.165) is 11.3 Å². The Morgan fingerprint density at radius 2 is 2.05 bits per heavy atom. The number of nitrogens with two attached hydrogens (primary N) is 2. The fourth-order valence-electron chi connectivity index (χ4n) is 1.95. The molecule has 5 heteroatoms. The molecule has 0 saturated heterocycles. The molecule has 0 saturated carbocycles. The standard InChI is InChI=1S/C14H20N2O3/c1-19-12-6-2-4-10(9-12)8-11(14(16)18)5-3-7-13(15)17/h2,4,6,9,11H,3,5,7-8H2,1H3,(H2,15,17)(H2,16,18). The number of carbonyl (C=O) groups is 2. The van der Waals surface area contributed by atoms with Crippen LogP contribution in [0.3, 0.4) is 0 Å². The number of methoxy groups -OCH3 is 1. The van der Waals surface area contributed by atoms with Crippen molar-refractivity contribution in [2.75, 3.05) is 7.11 Å². The second-order valence-electron chi connectivity index (χ2n) is 4.51. The van der Waals surface area contributed by atoms with E-state index in [0.29, 0.717) is 19.3 Å². The van der Waals surface area contributed by atoms with Gasteiger partial charge in [-0.05, 0) is 37.0 Å². The van der Waals surface area contributed by atoms with E-state index in [2.05, 4.69) is 0 Å². The van der Waals surface area contributed by atoms with E-state index in [1.54, 1.807) is 7.11 Å². The first-order chi connectivity index (χ1) is 9.02. The van der Waals surface area contributed by atoms with Crippen molar-refractivity contribution in [1.82, 2.24) is 0 Å². The average molecular weight is 264 g/mol. The largest absolute Gasteiger partial charge is 0.497 e. The number of rotatable bonds is 8. The normalized spacial score (nSPS) is 11.8. The Balaban J connectivity index is 2.61. The second kappa shape index (κ2) is 7.41. The Bertz CT molecular complexity index is 446. The number of carbonyl (C=O) groups excluding carboxylic acids is 2. The van der Waals surface area contributed by atoms with Crippen LogP contribution in [0.5, 0.6) is 5.75 Å². The lowest BCUT2D eigenvalue weighted by Gasteiger charge is -2.13. The molecule has 0 aliphatic rings. The van der Waals surface area contributed by atoms with E-state index < -0.39 is 0 Å². The number of hydrogen-bond acceptors (Lipinski definition) is 3. The lowest BCUT2D eigenvalue weighted by molar-refractivity contribution is -0.122. The van der Waals surface area contributed by atoms with Crippen LogP contribution >= 0.6 is 0 Å². The zero-order valence-corrected chi connectivity index (χ0v) is 11.1. The van der Waals surface area contributed by atoms with Gasteiger partial charge in [0.25, 0.3) is 0 Å². The maximum Gasteiger partial charge on any atom is 0.220 e. The van der Waals surface area contributed by atoms with Gasteiger partial charge in [0.1, 0.15) is 5.75 Å². The molecular formula is C14H20N2O3. The molecule has 1 aromatic carbocycles. The third kappa shape index (κ3) is 5.42. The first-order valence-electron chi connectivity index (χ1n) is 6.23. The molecule has 5 nitrogen and oxygen atoms in total. The maximum atomic E-state index is 11.4. The molecule has 0 radical (unpaired) electrons. The first kappa shape index (κ1) is 15.0. The van der Waals surface area contributed by atoms with Crippen LogP contribution in [0.2, 0.25) is 0 Å². The predicted molar refractivity (Wildman–Crippen MR) is 72.4 cm³/mol. The van der Waals surface area contributed by atoms with E-state index >= 15 is 0 Å². The van der Waals surface area contributed by atoms with Crippen molar-refractivity contribution in [2.24, 2.45) is 17.4 Å². The number of primary amides is 2. The first-order valence-corrected chi connectivity index (χ1v) is 6.23. The van der Waals surface area contributed by atoms with Gasteiger partial charge in [-0.1, -0.05) is 12.1 Å². The smallest absolute Gasteiger partial charge is 0.220 e. The molecule has 1 aromatic rings. The van der Waals surface area contributed by atoms with Crippen molar-refractivity contribution >= 4 is 11.8 Å². The minimum Gasteiger partial charge on any atom is -0.497 e. The summed E-state index contributed by atoms with van der Waals surface area (Å²) >= 11 is 0. The molecule has 1 unspecified atom stereocenters. The highest BCUT2D eigenvalue weighted by atomic mass is 16.5. The van der Waals surface area contributed by atoms with E-state index in [-0.39, 0.29) is 24.2 Å². The van der Waals surface area contributed by atoms with Crippen molar-refractivity contribution in [3.8, 4) is 5.75 Å². The Morgan fingerprint density at radius 1 is 1.32 bits per heavy atom. The van der Waals surface area contributed by atoms with E-state index in [1.165, 1.54) is 0 Å². The Kier molecular flexibility index (Phi) is 5.85. The van der Waals surface area contributed by atoms with Gasteiger partial charge in [-0.3, -0.25) is 9.59 Å². The van der Waals surface area contributed by atoms with Crippen LogP contribution in [0.15, 0.2) is 24.3 Å². The van der Waals surface area contributed by atoms with Gasteiger partial charge in [-0.15, -0.1) is 0 Å². The zero-order valence-electron chi connectivity index (χ0n) is 11.1. The van der Waals surface area contributed by atoms with E-state index in [4.69, 9.17) is 16.2 Å². The highest BCUT2D eigenvalue weighted by molar-refractivity contribution is 5.77. The number of benzene rings is 1. The van der Waals surface area contributed by atoms with Crippen LogP contribution < -0.4 is 16.2 Å². The van der Waals surface area contributed by atoms with Crippen molar-refractivity contribution in [3.05, 3.63) is 29.8 Å². The molecule has 0 aliphatic heterocycles. The van der Waals surface area contributed by atoms with Gasteiger partial charge in [0.2, 0.25) is 11.8 Å². The third-order valence-electron chi connectivity index (χ3n) is 2.99. The van der Waals surface area contributed by atoms with Gasteiger partial charge in [-0.2, -0.15) is 0 Å². The summed E-state index contributed by atoms with van der Waals surface area (Å²) in [5.74, 6) is -0.249. The lowest BCUT2D eigenvalue weighted by atomic mass is 9.93. The molecule has 0 heterocycles.